The predicted octanol–water partition coefficient (Wildman–Crippen LogP) is 7.10. The van der Waals surface area contributed by atoms with Crippen LogP contribution in [0.3, 0.4) is 0 Å². The highest BCUT2D eigenvalue weighted by Crippen LogP contribution is 2.49. The quantitative estimate of drug-likeness (QED) is 0.293. The molecule has 29 heavy (non-hydrogen) atoms. The molecule has 2 aromatic heterocycles. The van der Waals surface area contributed by atoms with E-state index in [9.17, 15) is 0 Å². The second-order valence-corrected chi connectivity index (χ2v) is 8.67. The number of nitrogens with zero attached hydrogens (tertiary/aromatic N) is 2. The molecular formula is C26H16N2S. The fourth-order valence-corrected chi connectivity index (χ4v) is 5.85. The van der Waals surface area contributed by atoms with Crippen molar-refractivity contribution in [2.24, 2.45) is 0 Å². The van der Waals surface area contributed by atoms with Gasteiger partial charge in [0.1, 0.15) is 5.01 Å². The van der Waals surface area contributed by atoms with Gasteiger partial charge in [0.05, 0.1) is 15.9 Å². The first-order valence-electron chi connectivity index (χ1n) is 9.87. The Morgan fingerprint density at radius 2 is 1.52 bits per heavy atom. The summed E-state index contributed by atoms with van der Waals surface area (Å²) in [5.74, 6) is 0. The van der Waals surface area contributed by atoms with Gasteiger partial charge in [-0.25, -0.2) is 4.98 Å². The molecule has 6 aromatic rings. The van der Waals surface area contributed by atoms with Crippen molar-refractivity contribution in [3.63, 3.8) is 0 Å². The summed E-state index contributed by atoms with van der Waals surface area (Å²) in [6.07, 6.45) is 0. The van der Waals surface area contributed by atoms with Crippen molar-refractivity contribution in [2.45, 2.75) is 6.54 Å². The highest BCUT2D eigenvalue weighted by molar-refractivity contribution is 7.21. The van der Waals surface area contributed by atoms with E-state index < -0.39 is 0 Å². The zero-order valence-corrected chi connectivity index (χ0v) is 16.4. The Morgan fingerprint density at radius 3 is 2.45 bits per heavy atom. The SMILES string of the molecule is c1ccc2c3c(ccc2c1)Cn1c-3c(-c2nc3ccccc3s2)c2ccccc21. The molecule has 0 fully saturated rings. The number of hydrogen-bond donors (Lipinski definition) is 0. The second kappa shape index (κ2) is 5.56. The first-order chi connectivity index (χ1) is 14.4. The molecule has 0 saturated heterocycles. The van der Waals surface area contributed by atoms with Gasteiger partial charge in [0.15, 0.2) is 0 Å². The van der Waals surface area contributed by atoms with Crippen LogP contribution in [0.15, 0.2) is 84.9 Å². The summed E-state index contributed by atoms with van der Waals surface area (Å²) in [6, 6.07) is 30.5. The number of para-hydroxylation sites is 2. The van der Waals surface area contributed by atoms with Crippen molar-refractivity contribution >= 4 is 43.2 Å². The largest absolute Gasteiger partial charge is 0.335 e. The Balaban J connectivity index is 1.66. The van der Waals surface area contributed by atoms with Crippen molar-refractivity contribution in [3.8, 4) is 21.8 Å². The molecule has 0 spiro atoms. The Bertz CT molecular complexity index is 1550. The van der Waals surface area contributed by atoms with E-state index in [4.69, 9.17) is 4.98 Å². The minimum Gasteiger partial charge on any atom is -0.335 e. The number of aromatic nitrogens is 2. The first-order valence-corrected chi connectivity index (χ1v) is 10.7. The zero-order valence-electron chi connectivity index (χ0n) is 15.6. The van der Waals surface area contributed by atoms with Crippen LogP contribution in [0, 0.1) is 0 Å². The minimum absolute atomic E-state index is 0.918. The molecule has 1 aliphatic heterocycles. The van der Waals surface area contributed by atoms with E-state index in [1.54, 1.807) is 11.3 Å². The Kier molecular flexibility index (Phi) is 2.97. The third-order valence-electron chi connectivity index (χ3n) is 6.06. The maximum absolute atomic E-state index is 5.04. The molecular weight excluding hydrogens is 372 g/mol. The predicted molar refractivity (Wildman–Crippen MR) is 123 cm³/mol. The average molecular weight is 388 g/mol. The lowest BCUT2D eigenvalue weighted by molar-refractivity contribution is 0.887. The summed E-state index contributed by atoms with van der Waals surface area (Å²) in [4.78, 5) is 5.04. The van der Waals surface area contributed by atoms with E-state index in [-0.39, 0.29) is 0 Å². The van der Waals surface area contributed by atoms with Gasteiger partial charge in [-0.1, -0.05) is 66.7 Å². The highest BCUT2D eigenvalue weighted by Gasteiger charge is 2.29. The molecule has 0 aliphatic carbocycles. The van der Waals surface area contributed by atoms with Gasteiger partial charge in [0.2, 0.25) is 0 Å². The number of hydrogen-bond acceptors (Lipinski definition) is 2. The molecule has 1 aliphatic rings. The van der Waals surface area contributed by atoms with E-state index in [1.807, 2.05) is 0 Å². The van der Waals surface area contributed by atoms with Crippen LogP contribution in [-0.2, 0) is 6.54 Å². The molecule has 3 heterocycles. The van der Waals surface area contributed by atoms with Crippen LogP contribution in [0.2, 0.25) is 0 Å². The molecule has 3 heteroatoms. The summed E-state index contributed by atoms with van der Waals surface area (Å²) in [5.41, 5.74) is 7.72. The minimum atomic E-state index is 0.918. The fourth-order valence-electron chi connectivity index (χ4n) is 4.82. The Hall–Kier alpha value is -3.43. The summed E-state index contributed by atoms with van der Waals surface area (Å²) < 4.78 is 3.72. The van der Waals surface area contributed by atoms with Gasteiger partial charge in [-0.2, -0.15) is 0 Å². The molecule has 0 bridgehead atoms. The summed E-state index contributed by atoms with van der Waals surface area (Å²) in [5, 5.41) is 5.02. The van der Waals surface area contributed by atoms with Gasteiger partial charge < -0.3 is 4.57 Å². The maximum atomic E-state index is 5.04. The molecule has 0 N–H and O–H groups in total. The van der Waals surface area contributed by atoms with Crippen molar-refractivity contribution in [1.29, 1.82) is 0 Å². The normalized spacial score (nSPS) is 12.7. The Labute approximate surface area is 171 Å². The van der Waals surface area contributed by atoms with E-state index in [0.29, 0.717) is 0 Å². The van der Waals surface area contributed by atoms with Crippen LogP contribution in [0.25, 0.3) is 53.7 Å². The molecule has 0 unspecified atom stereocenters. The number of fused-ring (bicyclic) bond motifs is 8. The van der Waals surface area contributed by atoms with Gasteiger partial charge in [0, 0.05) is 28.6 Å². The molecule has 0 atom stereocenters. The Morgan fingerprint density at radius 1 is 0.724 bits per heavy atom. The van der Waals surface area contributed by atoms with Gasteiger partial charge in [0.25, 0.3) is 0 Å². The van der Waals surface area contributed by atoms with Gasteiger partial charge in [-0.15, -0.1) is 11.3 Å². The van der Waals surface area contributed by atoms with Crippen LogP contribution in [0.4, 0.5) is 0 Å². The van der Waals surface area contributed by atoms with E-state index in [1.165, 1.54) is 48.8 Å². The summed E-state index contributed by atoms with van der Waals surface area (Å²) in [7, 11) is 0. The molecule has 2 nitrogen and oxygen atoms in total. The zero-order chi connectivity index (χ0) is 18.9. The van der Waals surface area contributed by atoms with Crippen molar-refractivity contribution in [3.05, 3.63) is 90.5 Å². The standard InChI is InChI=1S/C26H16N2S/c1-2-8-18-16(7-1)13-14-17-15-28-21-11-5-3-9-19(21)24(25(28)23(17)18)26-27-20-10-4-6-12-22(20)29-26/h1-14H,15H2. The number of benzene rings is 4. The molecule has 136 valence electrons. The lowest BCUT2D eigenvalue weighted by Crippen LogP contribution is -1.91. The van der Waals surface area contributed by atoms with Crippen LogP contribution in [0.5, 0.6) is 0 Å². The van der Waals surface area contributed by atoms with Crippen molar-refractivity contribution < 1.29 is 0 Å². The average Bonchev–Trinajstić information content (AvgIpc) is 3.44. The van der Waals surface area contributed by atoms with E-state index >= 15 is 0 Å². The second-order valence-electron chi connectivity index (χ2n) is 7.63. The van der Waals surface area contributed by atoms with E-state index in [2.05, 4.69) is 89.5 Å². The molecule has 0 saturated carbocycles. The molecule has 7 rings (SSSR count). The summed E-state index contributed by atoms with van der Waals surface area (Å²) in [6.45, 7) is 0.918. The van der Waals surface area contributed by atoms with Gasteiger partial charge in [-0.3, -0.25) is 0 Å². The molecule has 4 aromatic carbocycles. The highest BCUT2D eigenvalue weighted by atomic mass is 32.1. The number of thiazole rings is 1. The summed E-state index contributed by atoms with van der Waals surface area (Å²) >= 11 is 1.79. The smallest absolute Gasteiger partial charge is 0.127 e. The monoisotopic (exact) mass is 388 g/mol. The third kappa shape index (κ3) is 2.03. The van der Waals surface area contributed by atoms with Crippen LogP contribution < -0.4 is 0 Å². The van der Waals surface area contributed by atoms with Crippen molar-refractivity contribution in [1.82, 2.24) is 9.55 Å². The van der Waals surface area contributed by atoms with Gasteiger partial charge in [-0.05, 0) is 34.5 Å². The molecule has 0 radical (unpaired) electrons. The number of rotatable bonds is 1. The van der Waals surface area contributed by atoms with Crippen LogP contribution in [0.1, 0.15) is 5.56 Å². The third-order valence-corrected chi connectivity index (χ3v) is 7.11. The van der Waals surface area contributed by atoms with Gasteiger partial charge >= 0.3 is 0 Å². The lowest BCUT2D eigenvalue weighted by Gasteiger charge is -2.07. The van der Waals surface area contributed by atoms with Crippen LogP contribution in [-0.4, -0.2) is 9.55 Å². The maximum Gasteiger partial charge on any atom is 0.127 e. The topological polar surface area (TPSA) is 17.8 Å². The molecule has 0 amide bonds. The first kappa shape index (κ1) is 15.5. The lowest BCUT2D eigenvalue weighted by atomic mass is 9.96. The van der Waals surface area contributed by atoms with Crippen molar-refractivity contribution in [2.75, 3.05) is 0 Å². The van der Waals surface area contributed by atoms with Crippen LogP contribution >= 0.6 is 11.3 Å². The van der Waals surface area contributed by atoms with E-state index in [0.717, 1.165) is 17.1 Å². The fraction of sp³-hybridized carbons (Fsp3) is 0.0385.